The predicted octanol–water partition coefficient (Wildman–Crippen LogP) is 0.147. The van der Waals surface area contributed by atoms with Crippen molar-refractivity contribution in [3.05, 3.63) is 18.1 Å². The average Bonchev–Trinajstić information content (AvgIpc) is 2.74. The van der Waals surface area contributed by atoms with Gasteiger partial charge in [0.05, 0.1) is 19.0 Å². The number of nitrogens with zero attached hydrogens (tertiary/aromatic N) is 6. The molecule has 0 aliphatic carbocycles. The van der Waals surface area contributed by atoms with E-state index in [0.717, 1.165) is 70.9 Å². The molecule has 8 nitrogen and oxygen atoms in total. The molecule has 1 aromatic heterocycles. The molecule has 0 bridgehead atoms. The van der Waals surface area contributed by atoms with Gasteiger partial charge in [-0.05, 0) is 39.9 Å². The molecule has 4 rings (SSSR count). The molecule has 0 spiro atoms. The summed E-state index contributed by atoms with van der Waals surface area (Å²) in [5.41, 5.74) is 0.419. The zero-order valence-corrected chi connectivity index (χ0v) is 17.0. The molecule has 1 N–H and O–H groups in total. The van der Waals surface area contributed by atoms with Gasteiger partial charge in [0.15, 0.2) is 0 Å². The molecule has 4 heterocycles. The van der Waals surface area contributed by atoms with Gasteiger partial charge in [0.25, 0.3) is 5.91 Å². The maximum absolute atomic E-state index is 12.9. The van der Waals surface area contributed by atoms with Gasteiger partial charge in [0, 0.05) is 50.7 Å². The van der Waals surface area contributed by atoms with Crippen LogP contribution < -0.4 is 4.90 Å². The monoisotopic (exact) mass is 388 g/mol. The normalized spacial score (nSPS) is 29.6. The van der Waals surface area contributed by atoms with Gasteiger partial charge in [0.1, 0.15) is 11.5 Å². The van der Waals surface area contributed by atoms with Crippen molar-refractivity contribution in [3.63, 3.8) is 0 Å². The lowest BCUT2D eigenvalue weighted by Crippen LogP contribution is -2.61. The third-order valence-electron chi connectivity index (χ3n) is 6.97. The zero-order valence-electron chi connectivity index (χ0n) is 17.0. The van der Waals surface area contributed by atoms with Crippen LogP contribution in [-0.4, -0.2) is 108 Å². The van der Waals surface area contributed by atoms with Gasteiger partial charge in [-0.15, -0.1) is 0 Å². The molecule has 28 heavy (non-hydrogen) atoms. The third kappa shape index (κ3) is 3.60. The van der Waals surface area contributed by atoms with E-state index in [0.29, 0.717) is 11.7 Å². The molecule has 0 aromatic carbocycles. The molecule has 154 valence electrons. The predicted molar refractivity (Wildman–Crippen MR) is 107 cm³/mol. The summed E-state index contributed by atoms with van der Waals surface area (Å²) in [4.78, 5) is 30.6. The summed E-state index contributed by atoms with van der Waals surface area (Å²) in [6.07, 6.45) is 6.51. The number of aliphatic hydroxyl groups is 1. The second-order valence-electron chi connectivity index (χ2n) is 8.67. The van der Waals surface area contributed by atoms with Crippen molar-refractivity contribution in [2.45, 2.75) is 25.3 Å². The molecule has 3 aliphatic heterocycles. The minimum Gasteiger partial charge on any atom is -0.396 e. The Morgan fingerprint density at radius 1 is 1.14 bits per heavy atom. The van der Waals surface area contributed by atoms with Crippen molar-refractivity contribution in [2.75, 3.05) is 71.4 Å². The van der Waals surface area contributed by atoms with Crippen molar-refractivity contribution < 1.29 is 9.90 Å². The summed E-state index contributed by atoms with van der Waals surface area (Å²) in [6, 6.07) is 0.304. The Kier molecular flexibility index (Phi) is 5.53. The van der Waals surface area contributed by atoms with Gasteiger partial charge >= 0.3 is 0 Å². The quantitative estimate of drug-likeness (QED) is 0.790. The number of aromatic nitrogens is 2. The van der Waals surface area contributed by atoms with E-state index in [1.807, 2.05) is 4.90 Å². The topological polar surface area (TPSA) is 76.0 Å². The van der Waals surface area contributed by atoms with Crippen molar-refractivity contribution in [1.29, 1.82) is 0 Å². The van der Waals surface area contributed by atoms with E-state index in [1.54, 1.807) is 12.4 Å². The number of likely N-dealkylation sites (N-methyl/N-ethyl adjacent to an activating group) is 2. The second kappa shape index (κ2) is 7.93. The van der Waals surface area contributed by atoms with Gasteiger partial charge in [-0.2, -0.15) is 0 Å². The lowest BCUT2D eigenvalue weighted by molar-refractivity contribution is -0.0277. The Bertz CT molecular complexity index is 708. The van der Waals surface area contributed by atoms with E-state index in [4.69, 9.17) is 0 Å². The van der Waals surface area contributed by atoms with Gasteiger partial charge in [-0.25, -0.2) is 4.98 Å². The maximum atomic E-state index is 12.9. The van der Waals surface area contributed by atoms with E-state index < -0.39 is 0 Å². The van der Waals surface area contributed by atoms with Crippen LogP contribution in [0.15, 0.2) is 12.4 Å². The van der Waals surface area contributed by atoms with Crippen LogP contribution >= 0.6 is 0 Å². The van der Waals surface area contributed by atoms with Crippen LogP contribution in [0, 0.1) is 5.41 Å². The number of hydrogen-bond acceptors (Lipinski definition) is 7. The molecule has 3 aliphatic rings. The molecule has 8 heteroatoms. The van der Waals surface area contributed by atoms with Crippen LogP contribution in [0.4, 0.5) is 5.82 Å². The first kappa shape index (κ1) is 19.5. The van der Waals surface area contributed by atoms with Crippen LogP contribution in [0.3, 0.4) is 0 Å². The SMILES string of the molecule is CN1CCN(C(=O)c2cncc(N3CC[C@@]4(CO)CCCN(C)[C@@H]4C3)n2)CC1. The van der Waals surface area contributed by atoms with Gasteiger partial charge in [-0.1, -0.05) is 0 Å². The molecule has 3 fully saturated rings. The first-order valence-corrected chi connectivity index (χ1v) is 10.4. The number of piperazine rings is 1. The highest BCUT2D eigenvalue weighted by molar-refractivity contribution is 5.92. The van der Waals surface area contributed by atoms with Crippen molar-refractivity contribution in [1.82, 2.24) is 24.7 Å². The van der Waals surface area contributed by atoms with Gasteiger partial charge < -0.3 is 24.7 Å². The van der Waals surface area contributed by atoms with Crippen LogP contribution in [0.1, 0.15) is 29.8 Å². The fourth-order valence-corrected chi connectivity index (χ4v) is 5.01. The van der Waals surface area contributed by atoms with Crippen LogP contribution in [0.2, 0.25) is 0 Å². The van der Waals surface area contributed by atoms with Crippen molar-refractivity contribution in [2.24, 2.45) is 5.41 Å². The van der Waals surface area contributed by atoms with Crippen LogP contribution in [0.25, 0.3) is 0 Å². The van der Waals surface area contributed by atoms with E-state index in [2.05, 4.69) is 38.8 Å². The van der Waals surface area contributed by atoms with E-state index in [1.165, 1.54) is 0 Å². The highest BCUT2D eigenvalue weighted by Gasteiger charge is 2.46. The average molecular weight is 389 g/mol. The molecule has 0 unspecified atom stereocenters. The number of rotatable bonds is 3. The highest BCUT2D eigenvalue weighted by atomic mass is 16.3. The van der Waals surface area contributed by atoms with Crippen LogP contribution in [-0.2, 0) is 0 Å². The second-order valence-corrected chi connectivity index (χ2v) is 8.67. The summed E-state index contributed by atoms with van der Waals surface area (Å²) < 4.78 is 0. The lowest BCUT2D eigenvalue weighted by Gasteiger charge is -2.53. The molecule has 1 aromatic rings. The maximum Gasteiger partial charge on any atom is 0.274 e. The Balaban J connectivity index is 1.49. The molecular weight excluding hydrogens is 356 g/mol. The first-order valence-electron chi connectivity index (χ1n) is 10.4. The molecule has 0 radical (unpaired) electrons. The molecule has 0 saturated carbocycles. The summed E-state index contributed by atoms with van der Waals surface area (Å²) in [5.74, 6) is 0.740. The Hall–Kier alpha value is -1.77. The number of fused-ring (bicyclic) bond motifs is 1. The smallest absolute Gasteiger partial charge is 0.274 e. The number of anilines is 1. The number of amides is 1. The number of carbonyl (C=O) groups is 1. The fraction of sp³-hybridized carbons (Fsp3) is 0.750. The molecular formula is C20H32N6O2. The standard InChI is InChI=1S/C20H32N6O2/c1-23-8-10-25(11-9-23)19(28)16-12-21-13-18(22-16)26-7-5-20(15-27)4-3-6-24(2)17(20)14-26/h12-13,17,27H,3-11,14-15H2,1-2H3/t17-,20-/m1/s1. The number of piperidine rings is 2. The summed E-state index contributed by atoms with van der Waals surface area (Å²) in [6.45, 7) is 6.21. The molecule has 2 atom stereocenters. The number of hydrogen-bond donors (Lipinski definition) is 1. The van der Waals surface area contributed by atoms with E-state index >= 15 is 0 Å². The van der Waals surface area contributed by atoms with E-state index in [-0.39, 0.29) is 17.9 Å². The summed E-state index contributed by atoms with van der Waals surface area (Å²) in [7, 11) is 4.23. The van der Waals surface area contributed by atoms with Crippen molar-refractivity contribution >= 4 is 11.7 Å². The lowest BCUT2D eigenvalue weighted by atomic mass is 9.69. The fourth-order valence-electron chi connectivity index (χ4n) is 5.01. The number of carbonyl (C=O) groups excluding carboxylic acids is 1. The minimum atomic E-state index is -0.0288. The highest BCUT2D eigenvalue weighted by Crippen LogP contribution is 2.42. The third-order valence-corrected chi connectivity index (χ3v) is 6.97. The Labute approximate surface area is 167 Å². The van der Waals surface area contributed by atoms with Crippen LogP contribution in [0.5, 0.6) is 0 Å². The zero-order chi connectivity index (χ0) is 19.7. The number of aliphatic hydroxyl groups excluding tert-OH is 1. The molecule has 1 amide bonds. The first-order chi connectivity index (χ1) is 13.5. The minimum absolute atomic E-state index is 0.00974. The van der Waals surface area contributed by atoms with E-state index in [9.17, 15) is 9.90 Å². The van der Waals surface area contributed by atoms with Crippen molar-refractivity contribution in [3.8, 4) is 0 Å². The number of likely N-dealkylation sites (tertiary alicyclic amines) is 1. The molecule has 3 saturated heterocycles. The Morgan fingerprint density at radius 2 is 1.93 bits per heavy atom. The summed E-state index contributed by atoms with van der Waals surface area (Å²) >= 11 is 0. The van der Waals surface area contributed by atoms with Gasteiger partial charge in [0.2, 0.25) is 0 Å². The largest absolute Gasteiger partial charge is 0.396 e. The van der Waals surface area contributed by atoms with Gasteiger partial charge in [-0.3, -0.25) is 9.78 Å². The Morgan fingerprint density at radius 3 is 2.68 bits per heavy atom. The summed E-state index contributed by atoms with van der Waals surface area (Å²) in [5, 5.41) is 10.1.